The molecule has 2 aromatic heterocycles. The molecule has 0 radical (unpaired) electrons. The Morgan fingerprint density at radius 3 is 2.75 bits per heavy atom. The number of hydrogen-bond acceptors (Lipinski definition) is 6. The van der Waals surface area contributed by atoms with E-state index in [0.29, 0.717) is 49.1 Å². The first kappa shape index (κ1) is 17.1. The van der Waals surface area contributed by atoms with Gasteiger partial charge in [0.25, 0.3) is 5.91 Å². The standard InChI is InChI=1S/C15H19N3O4S2/c1-11-13(16-14(23-11)12-5-3-10-22-12)15(19)17-6-4-7-18(9-8-17)24(2,20)21/h3,5,10H,4,6-9H2,1-2H3. The van der Waals surface area contributed by atoms with Gasteiger partial charge in [-0.1, -0.05) is 0 Å². The predicted octanol–water partition coefficient (Wildman–Crippen LogP) is 1.82. The third kappa shape index (κ3) is 3.52. The minimum Gasteiger partial charge on any atom is -0.462 e. The fraction of sp³-hybridized carbons (Fsp3) is 0.467. The van der Waals surface area contributed by atoms with E-state index in [-0.39, 0.29) is 5.91 Å². The molecule has 130 valence electrons. The number of hydrogen-bond donors (Lipinski definition) is 0. The second kappa shape index (κ2) is 6.66. The molecule has 0 spiro atoms. The molecule has 0 aromatic carbocycles. The van der Waals surface area contributed by atoms with Crippen LogP contribution >= 0.6 is 11.3 Å². The van der Waals surface area contributed by atoms with Crippen LogP contribution in [0.3, 0.4) is 0 Å². The average Bonchev–Trinajstić information content (AvgIpc) is 3.09. The Hall–Kier alpha value is -1.71. The van der Waals surface area contributed by atoms with Crippen LogP contribution in [0.15, 0.2) is 22.8 Å². The van der Waals surface area contributed by atoms with Crippen LogP contribution in [-0.4, -0.2) is 60.9 Å². The maximum atomic E-state index is 12.8. The number of aromatic nitrogens is 1. The van der Waals surface area contributed by atoms with Gasteiger partial charge in [0.15, 0.2) is 10.8 Å². The summed E-state index contributed by atoms with van der Waals surface area (Å²) < 4.78 is 30.1. The summed E-state index contributed by atoms with van der Waals surface area (Å²) in [5.41, 5.74) is 0.416. The Bertz CT molecular complexity index is 827. The smallest absolute Gasteiger partial charge is 0.273 e. The molecule has 0 aliphatic carbocycles. The molecule has 1 amide bonds. The van der Waals surface area contributed by atoms with Gasteiger partial charge in [-0.25, -0.2) is 17.7 Å². The Kier molecular flexibility index (Phi) is 4.75. The zero-order chi connectivity index (χ0) is 17.3. The molecule has 24 heavy (non-hydrogen) atoms. The number of thiazole rings is 1. The molecule has 0 unspecified atom stereocenters. The monoisotopic (exact) mass is 369 g/mol. The molecule has 7 nitrogen and oxygen atoms in total. The number of furan rings is 1. The molecule has 9 heteroatoms. The largest absolute Gasteiger partial charge is 0.462 e. The summed E-state index contributed by atoms with van der Waals surface area (Å²) in [6.07, 6.45) is 3.39. The van der Waals surface area contributed by atoms with Crippen molar-refractivity contribution in [1.82, 2.24) is 14.2 Å². The van der Waals surface area contributed by atoms with E-state index in [9.17, 15) is 13.2 Å². The van der Waals surface area contributed by atoms with Crippen molar-refractivity contribution in [3.05, 3.63) is 29.0 Å². The van der Waals surface area contributed by atoms with Gasteiger partial charge in [0.2, 0.25) is 10.0 Å². The van der Waals surface area contributed by atoms with Crippen molar-refractivity contribution >= 4 is 27.3 Å². The fourth-order valence-corrected chi connectivity index (χ4v) is 4.43. The summed E-state index contributed by atoms with van der Waals surface area (Å²) in [5, 5.41) is 0.674. The molecule has 0 saturated carbocycles. The van der Waals surface area contributed by atoms with Crippen LogP contribution in [0.1, 0.15) is 21.8 Å². The van der Waals surface area contributed by atoms with Crippen LogP contribution in [0.25, 0.3) is 10.8 Å². The van der Waals surface area contributed by atoms with Crippen LogP contribution in [0.5, 0.6) is 0 Å². The number of rotatable bonds is 3. The Labute approximate surface area is 144 Å². The van der Waals surface area contributed by atoms with E-state index in [1.165, 1.54) is 21.9 Å². The average molecular weight is 369 g/mol. The van der Waals surface area contributed by atoms with Crippen LogP contribution in [0, 0.1) is 6.92 Å². The lowest BCUT2D eigenvalue weighted by molar-refractivity contribution is 0.0758. The van der Waals surface area contributed by atoms with Crippen LogP contribution in [-0.2, 0) is 10.0 Å². The fourth-order valence-electron chi connectivity index (χ4n) is 2.68. The first-order valence-corrected chi connectivity index (χ1v) is 10.3. The zero-order valence-corrected chi connectivity index (χ0v) is 15.2. The van der Waals surface area contributed by atoms with E-state index in [4.69, 9.17) is 4.42 Å². The van der Waals surface area contributed by atoms with Crippen molar-refractivity contribution in [3.8, 4) is 10.8 Å². The van der Waals surface area contributed by atoms with E-state index in [1.54, 1.807) is 17.2 Å². The van der Waals surface area contributed by atoms with Crippen molar-refractivity contribution in [2.24, 2.45) is 0 Å². The Morgan fingerprint density at radius 1 is 1.29 bits per heavy atom. The molecule has 0 N–H and O–H groups in total. The summed E-state index contributed by atoms with van der Waals surface area (Å²) in [7, 11) is -3.23. The van der Waals surface area contributed by atoms with Crippen molar-refractivity contribution in [2.45, 2.75) is 13.3 Å². The number of aryl methyl sites for hydroxylation is 1. The number of carbonyl (C=O) groups excluding carboxylic acids is 1. The third-order valence-electron chi connectivity index (χ3n) is 3.94. The van der Waals surface area contributed by atoms with Crippen LogP contribution in [0.2, 0.25) is 0 Å². The molecule has 3 heterocycles. The van der Waals surface area contributed by atoms with E-state index in [2.05, 4.69) is 4.98 Å². The van der Waals surface area contributed by atoms with Gasteiger partial charge >= 0.3 is 0 Å². The molecule has 1 fully saturated rings. The number of nitrogens with zero attached hydrogens (tertiary/aromatic N) is 3. The van der Waals surface area contributed by atoms with Crippen LogP contribution < -0.4 is 0 Å². The topological polar surface area (TPSA) is 83.7 Å². The number of sulfonamides is 1. The highest BCUT2D eigenvalue weighted by molar-refractivity contribution is 7.88. The predicted molar refractivity (Wildman–Crippen MR) is 91.5 cm³/mol. The first-order valence-electron chi connectivity index (χ1n) is 7.62. The molecule has 1 aliphatic rings. The summed E-state index contributed by atoms with van der Waals surface area (Å²) in [6, 6.07) is 3.59. The van der Waals surface area contributed by atoms with Crippen molar-refractivity contribution < 1.29 is 17.6 Å². The summed E-state index contributed by atoms with van der Waals surface area (Å²) in [5.74, 6) is 0.484. The number of carbonyl (C=O) groups is 1. The summed E-state index contributed by atoms with van der Waals surface area (Å²) in [6.45, 7) is 3.52. The zero-order valence-electron chi connectivity index (χ0n) is 13.6. The van der Waals surface area contributed by atoms with Gasteiger partial charge in [0.05, 0.1) is 12.5 Å². The maximum absolute atomic E-state index is 12.8. The van der Waals surface area contributed by atoms with Gasteiger partial charge in [-0.05, 0) is 25.5 Å². The molecular weight excluding hydrogens is 350 g/mol. The Morgan fingerprint density at radius 2 is 2.08 bits per heavy atom. The highest BCUT2D eigenvalue weighted by atomic mass is 32.2. The second-order valence-corrected chi connectivity index (χ2v) is 8.89. The molecule has 1 saturated heterocycles. The Balaban J connectivity index is 1.77. The molecular formula is C15H19N3O4S2. The first-order chi connectivity index (χ1) is 11.4. The van der Waals surface area contributed by atoms with E-state index in [1.807, 2.05) is 13.0 Å². The third-order valence-corrected chi connectivity index (χ3v) is 6.23. The normalized spacial score (nSPS) is 17.0. The molecule has 0 atom stereocenters. The van der Waals surface area contributed by atoms with E-state index in [0.717, 1.165) is 4.88 Å². The van der Waals surface area contributed by atoms with Crippen LogP contribution in [0.4, 0.5) is 0 Å². The molecule has 0 bridgehead atoms. The second-order valence-electron chi connectivity index (χ2n) is 5.71. The lowest BCUT2D eigenvalue weighted by Crippen LogP contribution is -2.37. The van der Waals surface area contributed by atoms with E-state index >= 15 is 0 Å². The van der Waals surface area contributed by atoms with Gasteiger partial charge in [-0.15, -0.1) is 11.3 Å². The molecule has 2 aromatic rings. The van der Waals surface area contributed by atoms with Crippen molar-refractivity contribution in [3.63, 3.8) is 0 Å². The van der Waals surface area contributed by atoms with Gasteiger partial charge in [0.1, 0.15) is 5.69 Å². The SMILES string of the molecule is Cc1sc(-c2ccco2)nc1C(=O)N1CCCN(S(C)(=O)=O)CC1. The van der Waals surface area contributed by atoms with Crippen molar-refractivity contribution in [1.29, 1.82) is 0 Å². The lowest BCUT2D eigenvalue weighted by Gasteiger charge is -2.20. The van der Waals surface area contributed by atoms with Gasteiger partial charge < -0.3 is 9.32 Å². The molecule has 1 aliphatic heterocycles. The van der Waals surface area contributed by atoms with Crippen molar-refractivity contribution in [2.75, 3.05) is 32.4 Å². The highest BCUT2D eigenvalue weighted by Crippen LogP contribution is 2.28. The van der Waals surface area contributed by atoms with Gasteiger partial charge in [0, 0.05) is 31.1 Å². The molecule has 3 rings (SSSR count). The minimum atomic E-state index is -3.23. The minimum absolute atomic E-state index is 0.156. The maximum Gasteiger partial charge on any atom is 0.273 e. The number of amides is 1. The lowest BCUT2D eigenvalue weighted by atomic mass is 10.3. The summed E-state index contributed by atoms with van der Waals surface area (Å²) >= 11 is 1.42. The highest BCUT2D eigenvalue weighted by Gasteiger charge is 2.27. The van der Waals surface area contributed by atoms with E-state index < -0.39 is 10.0 Å². The van der Waals surface area contributed by atoms with Gasteiger partial charge in [-0.2, -0.15) is 0 Å². The summed E-state index contributed by atoms with van der Waals surface area (Å²) in [4.78, 5) is 19.7. The van der Waals surface area contributed by atoms with Gasteiger partial charge in [-0.3, -0.25) is 4.79 Å². The quantitative estimate of drug-likeness (QED) is 0.824.